The van der Waals surface area contributed by atoms with E-state index in [2.05, 4.69) is 358 Å². The van der Waals surface area contributed by atoms with Gasteiger partial charge in [0.1, 0.15) is 16.9 Å². The van der Waals surface area contributed by atoms with E-state index >= 15 is 0 Å². The van der Waals surface area contributed by atoms with Crippen molar-refractivity contribution in [1.82, 2.24) is 44.3 Å². The minimum absolute atomic E-state index is 0. The van der Waals surface area contributed by atoms with Crippen LogP contribution in [0.25, 0.3) is 59.6 Å². The molecule has 7 N–H and O–H groups in total. The van der Waals surface area contributed by atoms with E-state index in [0.29, 0.717) is 79.4 Å². The number of nitrogen functional groups attached to an aromatic ring is 2. The van der Waals surface area contributed by atoms with Gasteiger partial charge >= 0.3 is 11.9 Å². The molecule has 0 atom stereocenters. The van der Waals surface area contributed by atoms with Gasteiger partial charge in [-0.05, 0) is 169 Å². The number of aromatic amines is 1. The number of hydrogen-bond acceptors (Lipinski definition) is 21. The smallest absolute Gasteiger partial charge is 0.338 e. The van der Waals surface area contributed by atoms with Gasteiger partial charge in [0, 0.05) is 158 Å². The van der Waals surface area contributed by atoms with Crippen LogP contribution < -0.4 is 16.2 Å². The van der Waals surface area contributed by atoms with Crippen molar-refractivity contribution in [3.05, 3.63) is 347 Å². The first-order valence-electron chi connectivity index (χ1n) is 42.1. The number of Topliss-reactive ketones (excluding diaryl/α,β-unsaturated/α-hetero) is 1. The van der Waals surface area contributed by atoms with Crippen molar-refractivity contribution in [3.63, 3.8) is 0 Å². The number of sulfonamides is 1. The summed E-state index contributed by atoms with van der Waals surface area (Å²) in [6, 6.07) is 72.1. The van der Waals surface area contributed by atoms with Crippen molar-refractivity contribution in [2.75, 3.05) is 51.8 Å². The maximum atomic E-state index is 13.0. The van der Waals surface area contributed by atoms with Crippen LogP contribution in [0, 0.1) is 90.2 Å². The van der Waals surface area contributed by atoms with Gasteiger partial charge in [0.25, 0.3) is 25.6 Å². The molecular formula is C102H108ClI9N20O9S2V2-2. The summed E-state index contributed by atoms with van der Waals surface area (Å²) in [5, 5.41) is 66.9. The Labute approximate surface area is 1000 Å². The summed E-state index contributed by atoms with van der Waals surface area (Å²) in [5.41, 5.74) is 24.0. The van der Waals surface area contributed by atoms with E-state index in [1.54, 1.807) is 183 Å². The average molecular weight is 3100 g/mol. The molecule has 0 unspecified atom stereocenters. The molecule has 2 radical (unpaired) electrons. The Bertz CT molecular complexity index is 6660. The molecule has 13 rings (SSSR count). The Hall–Kier alpha value is -8.39. The van der Waals surface area contributed by atoms with Crippen LogP contribution in [0.3, 0.4) is 0 Å². The van der Waals surface area contributed by atoms with E-state index in [-0.39, 0.29) is 87.4 Å². The van der Waals surface area contributed by atoms with Crippen LogP contribution in [0.2, 0.25) is 0 Å². The fraction of sp³-hybridized carbons (Fsp3) is 0.235. The Morgan fingerprint density at radius 2 is 0.924 bits per heavy atom. The third kappa shape index (κ3) is 58.4. The molecule has 13 aromatic rings. The van der Waals surface area contributed by atoms with Gasteiger partial charge in [-0.1, -0.05) is 316 Å². The number of fused-ring (bicyclic) bond motifs is 2. The Balaban J connectivity index is -0.000000780. The SMILES string of the molecule is CC(C)(C)c1ccc(S(=O)(=O)Cl)cc1.CC(C)(C)c1ccc(S(=O)(=O)Nc2ccnc3cc(-c4ccc(C#N)cc4)nn23)cc1.CC(I)(I)I.CC(I)I.CCI.CCN(/C=C/C#N)CC.CI.II.N#Cc1ccc(-c2cc(N)n[nH]2)cc1.N#Cc1ccc(-c2cc3nccc(N)n3n2)cc1.[C-]#[N+]CC(=O)c1ccc(C#N)cc1.[C-]#[N+]c1ccc(C(=O)O)cc1.[C-]#[N+]c1ccc(C(=O)OCC)cc1.[CH2-]C.[CH2-]C.[V].[V]. The normalized spacial score (nSPS) is 9.77. The number of allylic oxidation sites excluding steroid dienone is 1. The second-order valence-corrected chi connectivity index (χ2v) is 53.7. The van der Waals surface area contributed by atoms with Crippen LogP contribution in [0.5, 0.6) is 0 Å². The molecule has 8 aromatic carbocycles. The zero-order valence-electron chi connectivity index (χ0n) is 81.7. The number of ether oxygens (including phenoxy) is 1. The average Bonchev–Trinajstić information content (AvgIpc) is 1.66. The summed E-state index contributed by atoms with van der Waals surface area (Å²) in [7, 11) is -2.20. The maximum absolute atomic E-state index is 13.0. The van der Waals surface area contributed by atoms with Crippen molar-refractivity contribution in [1.29, 1.82) is 26.3 Å². The van der Waals surface area contributed by atoms with Gasteiger partial charge in [-0.3, -0.25) is 14.6 Å². The Kier molecular flexibility index (Phi) is 77.6. The van der Waals surface area contributed by atoms with Crippen molar-refractivity contribution in [3.8, 4) is 64.1 Å². The van der Waals surface area contributed by atoms with Crippen molar-refractivity contribution < 1.29 is 78.2 Å². The molecule has 0 aliphatic carbocycles. The number of nitrogens with two attached hydrogens (primary N) is 2. The van der Waals surface area contributed by atoms with Gasteiger partial charge in [0.05, 0.1) is 112 Å². The predicted octanol–water partition coefficient (Wildman–Crippen LogP) is 29.1. The second kappa shape index (κ2) is 78.8. The number of aromatic carboxylic acids is 1. The molecule has 764 valence electrons. The van der Waals surface area contributed by atoms with E-state index in [9.17, 15) is 31.2 Å². The third-order valence-electron chi connectivity index (χ3n) is 17.0. The standard InChI is InChI=1S/C23H21N5O2S.C13H9N5.C10H13ClO2S.C10H8N4.C10H6N2O.C10H9NO2.C8H5NO2.C7H12N2.C2H3I3.C2H4I2.C2H5I.2C2H5.CH3I.I2.2V/c1-23(2,3)18-8-10-19(11-9-18)31(29,30)27-21-12-13-25-22-14-20(26-28(21)22)17-6-4-16(15-24)5-7-17;14-8-9-1-3-10(4-2-9)11-7-13-16-6-5-12(15)18(13)17-11;1-10(2,3)8-4-6-9(7-5-8)14(11,12)13;11-6-7-1-3-8(4-2-7)9-5-10(12)14-13-9;1-12-7-10(13)9-4-2-8(6-11)3-5-9;1-3-13-10(12)8-4-6-9(11-2)7-5-8;1-9-7-4-2-6(3-5-7)8(10)11;1-3-9(4-2)7-5-6-8;1-2(3,4)5;1-2(3)4;1-2-3;4*1-2;;/h4-14,27H,1-3H3;1-7H,15H2;4-7H,1-3H3;1-5H,(H3,12,13,14);2-5H,7H2;4-7H,3H2,1H3;2-5H,(H,10,11);5,7H,3-4H2,1-2H3;1H3;2H,1H3;2H2,1H3;2*1H2,2H3;1H3;;;/q;;;;;;;;;;;2*-1;;;;/b;;;;;;;7-5+;;;;;;;;;. The summed E-state index contributed by atoms with van der Waals surface area (Å²) in [6.45, 7) is 56.7. The molecule has 145 heavy (non-hydrogen) atoms. The number of nitrogens with zero attached hydrogens (tertiary/aromatic N) is 16. The molecule has 5 aromatic heterocycles. The fourth-order valence-corrected chi connectivity index (χ4v) is 12.1. The van der Waals surface area contributed by atoms with Gasteiger partial charge in [-0.15, -0.1) is 0 Å². The van der Waals surface area contributed by atoms with E-state index in [1.165, 1.54) is 57.6 Å². The topological polar surface area (TPSA) is 437 Å². The molecule has 0 bridgehead atoms. The number of alkyl halides is 7. The fourth-order valence-electron chi connectivity index (χ4n) is 10.3. The quantitative estimate of drug-likeness (QED) is 0.0121. The maximum Gasteiger partial charge on any atom is 0.338 e. The molecule has 5 heterocycles. The number of halogens is 10. The van der Waals surface area contributed by atoms with Crippen LogP contribution in [0.4, 0.5) is 28.8 Å². The molecule has 0 aliphatic heterocycles. The minimum atomic E-state index is -3.81. The third-order valence-corrected chi connectivity index (χ3v) is 19.8. The second-order valence-electron chi connectivity index (χ2n) is 29.2. The molecule has 0 amide bonds. The van der Waals surface area contributed by atoms with Crippen LogP contribution in [0.1, 0.15) is 161 Å². The molecule has 43 heteroatoms. The predicted molar refractivity (Wildman–Crippen MR) is 653 cm³/mol. The van der Waals surface area contributed by atoms with Gasteiger partial charge < -0.3 is 44.9 Å². The number of H-pyrrole nitrogens is 1. The number of nitrogens with one attached hydrogen (secondary N) is 2. The number of carboxylic acid groups (broad SMARTS) is 1. The molecule has 29 nitrogen and oxygen atoms in total. The molecule has 0 fully saturated rings. The minimum Gasteiger partial charge on any atom is -0.478 e. The van der Waals surface area contributed by atoms with Crippen molar-refractivity contribution >= 4 is 283 Å². The number of aromatic nitrogens is 8. The number of rotatable bonds is 15. The number of carbonyl (C=O) groups is 3. The Morgan fingerprint density at radius 3 is 1.25 bits per heavy atom. The molecule has 0 saturated heterocycles. The zero-order chi connectivity index (χ0) is 109. The zero-order valence-corrected chi connectivity index (χ0v) is 106. The summed E-state index contributed by atoms with van der Waals surface area (Å²) in [4.78, 5) is 54.8. The van der Waals surface area contributed by atoms with Gasteiger partial charge in [-0.25, -0.2) is 52.7 Å². The molecule has 0 aliphatic rings. The molecule has 0 spiro atoms. The van der Waals surface area contributed by atoms with Gasteiger partial charge in [-0.2, -0.15) is 64.5 Å². The molecule has 0 saturated carbocycles. The van der Waals surface area contributed by atoms with Gasteiger partial charge in [0.2, 0.25) is 5.78 Å². The summed E-state index contributed by atoms with van der Waals surface area (Å²) >= 11 is 20.4. The number of anilines is 3. The van der Waals surface area contributed by atoms with Crippen LogP contribution >= 0.6 is 206 Å². The first kappa shape index (κ1) is 143. The van der Waals surface area contributed by atoms with E-state index in [1.807, 2.05) is 59.5 Å². The van der Waals surface area contributed by atoms with E-state index in [0.717, 1.165) is 54.2 Å². The number of nitriles is 5. The van der Waals surface area contributed by atoms with Gasteiger partial charge in [0.15, 0.2) is 22.7 Å². The number of ketones is 1. The van der Waals surface area contributed by atoms with E-state index < -0.39 is 25.0 Å². The monoisotopic (exact) mass is 3100 g/mol. The van der Waals surface area contributed by atoms with E-state index in [4.69, 9.17) is 78.0 Å². The largest absolute Gasteiger partial charge is 0.478 e. The summed E-state index contributed by atoms with van der Waals surface area (Å²) < 4.78 is 60.7. The first-order chi connectivity index (χ1) is 67.7. The first-order valence-corrected chi connectivity index (χ1v) is 61.6. The summed E-state index contributed by atoms with van der Waals surface area (Å²) in [6.07, 6.45) is 6.47. The van der Waals surface area contributed by atoms with Crippen LogP contribution in [0.15, 0.2) is 259 Å². The van der Waals surface area contributed by atoms with Crippen molar-refractivity contribution in [2.24, 2.45) is 0 Å². The van der Waals surface area contributed by atoms with Crippen LogP contribution in [-0.2, 0) is 71.8 Å². The Morgan fingerprint density at radius 1 is 0.572 bits per heavy atom. The number of benzene rings is 8. The van der Waals surface area contributed by atoms with Crippen LogP contribution in [-0.4, -0.2) is 121 Å². The number of hydrogen-bond donors (Lipinski definition) is 5. The number of esters is 1. The number of carbonyl (C=O) groups excluding carboxylic acids is 2. The number of carboxylic acids is 1. The van der Waals surface area contributed by atoms with Crippen molar-refractivity contribution in [2.45, 2.75) is 119 Å². The summed E-state index contributed by atoms with van der Waals surface area (Å²) in [5.74, 6) is -0.242. The molecular weight excluding hydrogens is 2990 g/mol.